The zero-order chi connectivity index (χ0) is 26.5. The predicted octanol–water partition coefficient (Wildman–Crippen LogP) is 1.79. The Morgan fingerprint density at radius 1 is 1.00 bits per heavy atom. The van der Waals surface area contributed by atoms with Gasteiger partial charge in [-0.15, -0.1) is 0 Å². The molecule has 0 saturated heterocycles. The van der Waals surface area contributed by atoms with Gasteiger partial charge < -0.3 is 24.7 Å². The fraction of sp³-hybridized carbons (Fsp3) is 0.226. The molecule has 1 unspecified atom stereocenters. The van der Waals surface area contributed by atoms with Crippen LogP contribution in [0.4, 0.5) is 0 Å². The molecule has 0 fully saturated rings. The number of halogens is 1. The van der Waals surface area contributed by atoms with Crippen molar-refractivity contribution in [1.82, 2.24) is 5.32 Å². The fourth-order valence-corrected chi connectivity index (χ4v) is 5.28. The van der Waals surface area contributed by atoms with Crippen LogP contribution < -0.4 is 44.7 Å². The summed E-state index contributed by atoms with van der Waals surface area (Å²) in [7, 11) is 0. The van der Waals surface area contributed by atoms with E-state index in [1.807, 2.05) is 30.3 Å². The van der Waals surface area contributed by atoms with Crippen LogP contribution in [0.3, 0.4) is 0 Å². The van der Waals surface area contributed by atoms with Crippen molar-refractivity contribution in [2.45, 2.75) is 31.3 Å². The van der Waals surface area contributed by atoms with E-state index < -0.39 is 11.6 Å². The first kappa shape index (κ1) is 29.0. The predicted molar refractivity (Wildman–Crippen MR) is 143 cm³/mol. The molecule has 0 aromatic heterocycles. The molecule has 194 valence electrons. The molecule has 2 aliphatic rings. The van der Waals surface area contributed by atoms with Gasteiger partial charge in [-0.1, -0.05) is 66.7 Å². The number of hydrogen-bond donors (Lipinski definition) is 1. The largest absolute Gasteiger partial charge is 1.00 e. The second kappa shape index (κ2) is 12.9. The van der Waals surface area contributed by atoms with Gasteiger partial charge in [-0.05, 0) is 71.7 Å². The Morgan fingerprint density at radius 2 is 1.72 bits per heavy atom. The number of aliphatic carboxylic acids is 1. The van der Waals surface area contributed by atoms with Crippen molar-refractivity contribution in [2.75, 3.05) is 13.2 Å². The van der Waals surface area contributed by atoms with Gasteiger partial charge in [-0.2, -0.15) is 0 Å². The van der Waals surface area contributed by atoms with Gasteiger partial charge in [0, 0.05) is 18.2 Å². The third-order valence-corrected chi connectivity index (χ3v) is 7.21. The van der Waals surface area contributed by atoms with Crippen LogP contribution in [0.2, 0.25) is 0 Å². The molecule has 0 saturated carbocycles. The van der Waals surface area contributed by atoms with Gasteiger partial charge in [-0.3, -0.25) is 4.79 Å². The van der Waals surface area contributed by atoms with Crippen molar-refractivity contribution >= 4 is 23.5 Å². The second-order valence-electron chi connectivity index (χ2n) is 9.35. The van der Waals surface area contributed by atoms with Crippen molar-refractivity contribution in [2.24, 2.45) is 0 Å². The standard InChI is InChI=1S/C31H28ClNO5.Na/c32-28-19-26-23(20-37-28)12-8-17-31(26,30(35)36)38-27-15-7-6-14-25(27)29(34)33-18-16-22-11-4-5-13-24(22)21-9-2-1-3-10-21;/h1-7,9-11,13-15,19H,8,12,16-18,20H2,(H,33,34)(H,35,36);/q;+1/p-1. The van der Waals surface area contributed by atoms with Crippen LogP contribution in [0, 0.1) is 0 Å². The van der Waals surface area contributed by atoms with E-state index in [4.69, 9.17) is 21.1 Å². The first-order valence-corrected chi connectivity index (χ1v) is 13.0. The Morgan fingerprint density at radius 3 is 2.51 bits per heavy atom. The van der Waals surface area contributed by atoms with Crippen molar-refractivity contribution in [3.63, 3.8) is 0 Å². The minimum Gasteiger partial charge on any atom is -0.545 e. The summed E-state index contributed by atoms with van der Waals surface area (Å²) in [5, 5.41) is 15.6. The second-order valence-corrected chi connectivity index (χ2v) is 9.72. The summed E-state index contributed by atoms with van der Waals surface area (Å²) in [5.74, 6) is -1.56. The van der Waals surface area contributed by atoms with Gasteiger partial charge in [-0.25, -0.2) is 0 Å². The molecule has 0 bridgehead atoms. The zero-order valence-electron chi connectivity index (χ0n) is 21.7. The molecule has 39 heavy (non-hydrogen) atoms. The number of ether oxygens (including phenoxy) is 2. The minimum absolute atomic E-state index is 0. The van der Waals surface area contributed by atoms with E-state index in [-0.39, 0.29) is 65.0 Å². The molecule has 1 amide bonds. The summed E-state index contributed by atoms with van der Waals surface area (Å²) in [6, 6.07) is 24.8. The van der Waals surface area contributed by atoms with Crippen LogP contribution in [-0.4, -0.2) is 30.6 Å². The maximum absolute atomic E-state index is 13.2. The van der Waals surface area contributed by atoms with Crippen molar-refractivity contribution in [1.29, 1.82) is 0 Å². The maximum Gasteiger partial charge on any atom is 1.00 e. The maximum atomic E-state index is 13.2. The van der Waals surface area contributed by atoms with E-state index in [9.17, 15) is 14.7 Å². The van der Waals surface area contributed by atoms with E-state index >= 15 is 0 Å². The van der Waals surface area contributed by atoms with Crippen LogP contribution >= 0.6 is 11.6 Å². The van der Waals surface area contributed by atoms with E-state index in [0.29, 0.717) is 31.4 Å². The normalized spacial score (nSPS) is 18.1. The van der Waals surface area contributed by atoms with E-state index in [2.05, 4.69) is 29.6 Å². The molecule has 1 aliphatic heterocycles. The third-order valence-electron chi connectivity index (χ3n) is 6.99. The molecular formula is C31H27ClNNaO5. The van der Waals surface area contributed by atoms with E-state index in [1.54, 1.807) is 24.3 Å². The van der Waals surface area contributed by atoms with Gasteiger partial charge in [0.1, 0.15) is 12.4 Å². The number of hydrogen-bond acceptors (Lipinski definition) is 5. The summed E-state index contributed by atoms with van der Waals surface area (Å²) in [6.07, 6.45) is 3.57. The van der Waals surface area contributed by atoms with Crippen LogP contribution in [0.1, 0.15) is 35.2 Å². The quantitative estimate of drug-likeness (QED) is 0.431. The molecule has 3 aromatic carbocycles. The molecule has 8 heteroatoms. The molecule has 1 heterocycles. The minimum atomic E-state index is -1.76. The number of carboxylic acid groups (broad SMARTS) is 1. The number of carbonyl (C=O) groups excluding carboxylic acids is 2. The molecule has 5 rings (SSSR count). The first-order chi connectivity index (χ1) is 18.5. The molecule has 3 aromatic rings. The topological polar surface area (TPSA) is 87.7 Å². The SMILES string of the molecule is O=C(NCCc1ccccc1-c1ccccc1)c1ccccc1OC1(C(=O)[O-])CCCC2=C1C=C(Cl)OC2.[Na+]. The Kier molecular flexibility index (Phi) is 9.57. The van der Waals surface area contributed by atoms with Crippen LogP contribution in [0.25, 0.3) is 11.1 Å². The Balaban J connectivity index is 0.00000353. The molecule has 1 N–H and O–H groups in total. The Bertz CT molecular complexity index is 1420. The zero-order valence-corrected chi connectivity index (χ0v) is 24.5. The number of amides is 1. The molecule has 1 atom stereocenters. The summed E-state index contributed by atoms with van der Waals surface area (Å²) in [6.45, 7) is 0.600. The van der Waals surface area contributed by atoms with Crippen LogP contribution in [-0.2, 0) is 16.0 Å². The Hall–Kier alpha value is -3.03. The summed E-state index contributed by atoms with van der Waals surface area (Å²) < 4.78 is 11.6. The van der Waals surface area contributed by atoms with Crippen molar-refractivity contribution in [3.05, 3.63) is 112 Å². The molecule has 0 spiro atoms. The molecule has 6 nitrogen and oxygen atoms in total. The monoisotopic (exact) mass is 551 g/mol. The van der Waals surface area contributed by atoms with Crippen LogP contribution in [0.15, 0.2) is 101 Å². The average Bonchev–Trinajstić information content (AvgIpc) is 2.94. The number of benzene rings is 3. The number of carboxylic acids is 1. The van der Waals surface area contributed by atoms with Crippen molar-refractivity contribution < 1.29 is 53.7 Å². The number of carbonyl (C=O) groups is 2. The summed E-state index contributed by atoms with van der Waals surface area (Å²) in [4.78, 5) is 25.8. The number of para-hydroxylation sites is 1. The van der Waals surface area contributed by atoms with Gasteiger partial charge in [0.2, 0.25) is 0 Å². The summed E-state index contributed by atoms with van der Waals surface area (Å²) in [5.41, 5.74) is 3.08. The smallest absolute Gasteiger partial charge is 0.545 e. The van der Waals surface area contributed by atoms with Crippen LogP contribution in [0.5, 0.6) is 5.75 Å². The Labute approximate surface area is 255 Å². The summed E-state index contributed by atoms with van der Waals surface area (Å²) >= 11 is 6.08. The first-order valence-electron chi connectivity index (χ1n) is 12.6. The van der Waals surface area contributed by atoms with E-state index in [0.717, 1.165) is 22.3 Å². The number of rotatable bonds is 8. The molecular weight excluding hydrogens is 525 g/mol. The van der Waals surface area contributed by atoms with Gasteiger partial charge in [0.05, 0.1) is 11.5 Å². The molecule has 1 aliphatic carbocycles. The fourth-order valence-electron chi connectivity index (χ4n) is 5.12. The van der Waals surface area contributed by atoms with Gasteiger partial charge in [0.15, 0.2) is 10.8 Å². The average molecular weight is 552 g/mol. The van der Waals surface area contributed by atoms with Crippen molar-refractivity contribution in [3.8, 4) is 16.9 Å². The molecule has 0 radical (unpaired) electrons. The third kappa shape index (κ3) is 6.25. The van der Waals surface area contributed by atoms with Gasteiger partial charge in [0.25, 0.3) is 5.91 Å². The van der Waals surface area contributed by atoms with Gasteiger partial charge >= 0.3 is 29.6 Å². The number of nitrogens with one attached hydrogen (secondary N) is 1. The van der Waals surface area contributed by atoms with E-state index in [1.165, 1.54) is 6.08 Å².